The molecule has 7 nitrogen and oxygen atoms in total. The highest BCUT2D eigenvalue weighted by Crippen LogP contribution is 2.16. The molecule has 3 aromatic heterocycles. The van der Waals surface area contributed by atoms with Crippen LogP contribution in [0, 0.1) is 0 Å². The molecule has 0 saturated carbocycles. The van der Waals surface area contributed by atoms with Crippen LogP contribution in [0.1, 0.15) is 35.1 Å². The van der Waals surface area contributed by atoms with Gasteiger partial charge in [-0.3, -0.25) is 4.79 Å². The molecule has 0 bridgehead atoms. The minimum Gasteiger partial charge on any atom is -0.337 e. The van der Waals surface area contributed by atoms with Gasteiger partial charge in [-0.25, -0.2) is 15.0 Å². The number of carbonyl (C=O) groups excluding carboxylic acids is 1. The molecule has 4 aromatic rings. The maximum absolute atomic E-state index is 13.1. The van der Waals surface area contributed by atoms with Gasteiger partial charge in [-0.05, 0) is 18.1 Å². The number of nitrogens with zero attached hydrogens (tertiary/aromatic N) is 6. The number of fused-ring (bicyclic) bond motifs is 1. The number of pyridine rings is 1. The third-order valence-electron chi connectivity index (χ3n) is 4.93. The van der Waals surface area contributed by atoms with E-state index in [1.807, 2.05) is 51.5 Å². The molecule has 1 aromatic carbocycles. The quantitative estimate of drug-likeness (QED) is 0.487. The summed E-state index contributed by atoms with van der Waals surface area (Å²) < 4.78 is 3.93. The molecule has 3 heterocycles. The van der Waals surface area contributed by atoms with E-state index in [-0.39, 0.29) is 5.91 Å². The third-order valence-corrected chi connectivity index (χ3v) is 4.93. The molecule has 4 rings (SSSR count). The van der Waals surface area contributed by atoms with Crippen LogP contribution in [-0.4, -0.2) is 41.4 Å². The Morgan fingerprint density at radius 2 is 1.97 bits per heavy atom. The van der Waals surface area contributed by atoms with Crippen LogP contribution < -0.4 is 0 Å². The van der Waals surface area contributed by atoms with Gasteiger partial charge >= 0.3 is 0 Å². The average molecular weight is 388 g/mol. The van der Waals surface area contributed by atoms with E-state index in [0.29, 0.717) is 25.2 Å². The molecule has 0 aliphatic rings. The molecule has 0 N–H and O–H groups in total. The van der Waals surface area contributed by atoms with Crippen molar-refractivity contribution in [3.8, 4) is 0 Å². The summed E-state index contributed by atoms with van der Waals surface area (Å²) >= 11 is 0. The average Bonchev–Trinajstić information content (AvgIpc) is 3.33. The van der Waals surface area contributed by atoms with Crippen molar-refractivity contribution in [2.45, 2.75) is 26.4 Å². The zero-order valence-corrected chi connectivity index (χ0v) is 16.7. The Labute approximate surface area is 169 Å². The molecule has 1 amide bonds. The molecule has 7 heteroatoms. The number of rotatable bonds is 7. The Kier molecular flexibility index (Phi) is 5.37. The third kappa shape index (κ3) is 4.03. The van der Waals surface area contributed by atoms with Gasteiger partial charge in [0.25, 0.3) is 5.91 Å². The lowest BCUT2D eigenvalue weighted by Crippen LogP contribution is -2.32. The number of carbonyl (C=O) groups is 1. The Morgan fingerprint density at radius 3 is 2.69 bits per heavy atom. The molecule has 0 unspecified atom stereocenters. The SMILES string of the molecule is CCCN(Cc1nccn1C)C(=O)c1cnc2c(c1)ncn2Cc1ccccc1. The molecule has 0 spiro atoms. The lowest BCUT2D eigenvalue weighted by atomic mass is 10.2. The highest BCUT2D eigenvalue weighted by Gasteiger charge is 2.19. The van der Waals surface area contributed by atoms with Crippen molar-refractivity contribution >= 4 is 17.1 Å². The summed E-state index contributed by atoms with van der Waals surface area (Å²) in [5.41, 5.74) is 3.22. The van der Waals surface area contributed by atoms with Crippen molar-refractivity contribution in [1.29, 1.82) is 0 Å². The van der Waals surface area contributed by atoms with Gasteiger partial charge in [0, 0.05) is 32.2 Å². The van der Waals surface area contributed by atoms with Gasteiger partial charge in [-0.1, -0.05) is 37.3 Å². The molecule has 0 radical (unpaired) electrons. The van der Waals surface area contributed by atoms with Crippen LogP contribution in [0.15, 0.2) is 61.3 Å². The van der Waals surface area contributed by atoms with E-state index in [1.165, 1.54) is 5.56 Å². The predicted octanol–water partition coefficient (Wildman–Crippen LogP) is 3.27. The van der Waals surface area contributed by atoms with Crippen molar-refractivity contribution in [1.82, 2.24) is 29.0 Å². The van der Waals surface area contributed by atoms with E-state index in [0.717, 1.165) is 23.4 Å². The maximum atomic E-state index is 13.1. The summed E-state index contributed by atoms with van der Waals surface area (Å²) in [7, 11) is 1.93. The smallest absolute Gasteiger partial charge is 0.255 e. The first-order chi connectivity index (χ1) is 14.2. The number of hydrogen-bond donors (Lipinski definition) is 0. The highest BCUT2D eigenvalue weighted by molar-refractivity contribution is 5.96. The molecule has 0 fully saturated rings. The Morgan fingerprint density at radius 1 is 1.14 bits per heavy atom. The number of amides is 1. The standard InChI is InChI=1S/C22H24N6O/c1-3-10-27(15-20-23-9-11-26(20)2)22(29)18-12-19-21(24-13-18)28(16-25-19)14-17-7-5-4-6-8-17/h4-9,11-13,16H,3,10,14-15H2,1-2H3. The number of imidazole rings is 2. The van der Waals surface area contributed by atoms with Crippen LogP contribution in [0.2, 0.25) is 0 Å². The second kappa shape index (κ2) is 8.26. The molecule has 0 atom stereocenters. The normalized spacial score (nSPS) is 11.1. The van der Waals surface area contributed by atoms with Crippen LogP contribution in [0.25, 0.3) is 11.2 Å². The van der Waals surface area contributed by atoms with E-state index in [2.05, 4.69) is 34.0 Å². The summed E-state index contributed by atoms with van der Waals surface area (Å²) in [5, 5.41) is 0. The number of aryl methyl sites for hydroxylation is 1. The van der Waals surface area contributed by atoms with E-state index < -0.39 is 0 Å². The lowest BCUT2D eigenvalue weighted by molar-refractivity contribution is 0.0737. The summed E-state index contributed by atoms with van der Waals surface area (Å²) in [6, 6.07) is 12.0. The van der Waals surface area contributed by atoms with Crippen LogP contribution in [-0.2, 0) is 20.1 Å². The van der Waals surface area contributed by atoms with Gasteiger partial charge in [0.15, 0.2) is 5.65 Å². The molecule has 0 saturated heterocycles. The highest BCUT2D eigenvalue weighted by atomic mass is 16.2. The topological polar surface area (TPSA) is 68.8 Å². The fourth-order valence-electron chi connectivity index (χ4n) is 3.39. The van der Waals surface area contributed by atoms with Crippen LogP contribution >= 0.6 is 0 Å². The second-order valence-electron chi connectivity index (χ2n) is 7.11. The zero-order valence-electron chi connectivity index (χ0n) is 16.7. The van der Waals surface area contributed by atoms with E-state index in [1.54, 1.807) is 18.7 Å². The zero-order chi connectivity index (χ0) is 20.2. The van der Waals surface area contributed by atoms with Crippen molar-refractivity contribution in [3.63, 3.8) is 0 Å². The molecule has 148 valence electrons. The van der Waals surface area contributed by atoms with E-state index in [4.69, 9.17) is 0 Å². The van der Waals surface area contributed by atoms with Crippen LogP contribution in [0.5, 0.6) is 0 Å². The summed E-state index contributed by atoms with van der Waals surface area (Å²) in [6.07, 6.45) is 7.93. The minimum absolute atomic E-state index is 0.0538. The van der Waals surface area contributed by atoms with Gasteiger partial charge in [0.1, 0.15) is 11.3 Å². The van der Waals surface area contributed by atoms with E-state index in [9.17, 15) is 4.79 Å². The van der Waals surface area contributed by atoms with Gasteiger partial charge in [0.2, 0.25) is 0 Å². The number of hydrogen-bond acceptors (Lipinski definition) is 4. The first kappa shape index (κ1) is 18.9. The fourth-order valence-corrected chi connectivity index (χ4v) is 3.39. The van der Waals surface area contributed by atoms with Crippen molar-refractivity contribution in [2.24, 2.45) is 7.05 Å². The lowest BCUT2D eigenvalue weighted by Gasteiger charge is -2.21. The molecular weight excluding hydrogens is 364 g/mol. The fraction of sp³-hybridized carbons (Fsp3) is 0.273. The van der Waals surface area contributed by atoms with Crippen molar-refractivity contribution in [3.05, 3.63) is 78.3 Å². The van der Waals surface area contributed by atoms with E-state index >= 15 is 0 Å². The maximum Gasteiger partial charge on any atom is 0.255 e. The largest absolute Gasteiger partial charge is 0.337 e. The molecule has 29 heavy (non-hydrogen) atoms. The number of aromatic nitrogens is 5. The van der Waals surface area contributed by atoms with Gasteiger partial charge in [0.05, 0.1) is 25.0 Å². The number of benzene rings is 1. The predicted molar refractivity (Wildman–Crippen MR) is 111 cm³/mol. The molecule has 0 aliphatic heterocycles. The van der Waals surface area contributed by atoms with Gasteiger partial charge in [-0.15, -0.1) is 0 Å². The molecule has 0 aliphatic carbocycles. The summed E-state index contributed by atoms with van der Waals surface area (Å²) in [6.45, 7) is 3.88. The van der Waals surface area contributed by atoms with Crippen molar-refractivity contribution in [2.75, 3.05) is 6.54 Å². The van der Waals surface area contributed by atoms with Gasteiger partial charge in [-0.2, -0.15) is 0 Å². The van der Waals surface area contributed by atoms with Gasteiger partial charge < -0.3 is 14.0 Å². The van der Waals surface area contributed by atoms with Crippen molar-refractivity contribution < 1.29 is 4.79 Å². The Balaban J connectivity index is 1.58. The first-order valence-electron chi connectivity index (χ1n) is 9.76. The second-order valence-corrected chi connectivity index (χ2v) is 7.11. The van der Waals surface area contributed by atoms with Crippen LogP contribution in [0.4, 0.5) is 0 Å². The van der Waals surface area contributed by atoms with Crippen LogP contribution in [0.3, 0.4) is 0 Å². The summed E-state index contributed by atoms with van der Waals surface area (Å²) in [4.78, 5) is 28.3. The Bertz CT molecular complexity index is 1110. The Hall–Kier alpha value is -3.48. The summed E-state index contributed by atoms with van der Waals surface area (Å²) in [5.74, 6) is 0.801. The monoisotopic (exact) mass is 388 g/mol. The minimum atomic E-state index is -0.0538. The molecular formula is C22H24N6O. The first-order valence-corrected chi connectivity index (χ1v) is 9.76.